The Balaban J connectivity index is 3.18. The predicted octanol–water partition coefficient (Wildman–Crippen LogP) is 3.29. The Morgan fingerprint density at radius 1 is 1.41 bits per heavy atom. The highest BCUT2D eigenvalue weighted by molar-refractivity contribution is 9.08. The second kappa shape index (κ2) is 6.44. The van der Waals surface area contributed by atoms with Crippen LogP contribution in [0.15, 0.2) is 12.1 Å². The van der Waals surface area contributed by atoms with Gasteiger partial charge < -0.3 is 9.47 Å². The molecule has 0 aliphatic heterocycles. The minimum absolute atomic E-state index is 0.0359. The number of ether oxygens (including phenoxy) is 2. The third-order valence-corrected chi connectivity index (χ3v) is 2.77. The number of alkyl halides is 1. The van der Waals surface area contributed by atoms with Gasteiger partial charge in [-0.25, -0.2) is 0 Å². The second-order valence-corrected chi connectivity index (χ2v) is 3.93. The molecule has 5 nitrogen and oxygen atoms in total. The topological polar surface area (TPSA) is 61.6 Å². The zero-order valence-electron chi connectivity index (χ0n) is 9.73. The van der Waals surface area contributed by atoms with Crippen LogP contribution in [0.5, 0.6) is 11.5 Å². The zero-order chi connectivity index (χ0) is 12.8. The summed E-state index contributed by atoms with van der Waals surface area (Å²) in [6.07, 6.45) is 0.831. The van der Waals surface area contributed by atoms with Crippen LogP contribution in [0.25, 0.3) is 0 Å². The summed E-state index contributed by atoms with van der Waals surface area (Å²) in [5, 5.41) is 11.3. The Labute approximate surface area is 108 Å². The highest BCUT2D eigenvalue weighted by Crippen LogP contribution is 2.35. The number of nitro benzene ring substituents is 1. The van der Waals surface area contributed by atoms with E-state index >= 15 is 0 Å². The molecule has 17 heavy (non-hydrogen) atoms. The molecule has 0 heterocycles. The van der Waals surface area contributed by atoms with Gasteiger partial charge in [-0.3, -0.25) is 10.1 Å². The van der Waals surface area contributed by atoms with Gasteiger partial charge in [0.1, 0.15) is 0 Å². The number of nitro groups is 1. The number of rotatable bonds is 6. The quantitative estimate of drug-likeness (QED) is 0.459. The normalized spacial score (nSPS) is 10.1. The molecule has 1 rings (SSSR count). The first kappa shape index (κ1) is 13.8. The van der Waals surface area contributed by atoms with Crippen molar-refractivity contribution in [2.75, 3.05) is 13.7 Å². The number of benzene rings is 1. The summed E-state index contributed by atoms with van der Waals surface area (Å²) in [4.78, 5) is 10.5. The van der Waals surface area contributed by atoms with E-state index in [4.69, 9.17) is 9.47 Å². The van der Waals surface area contributed by atoms with Crippen LogP contribution in [0.4, 0.5) is 5.69 Å². The van der Waals surface area contributed by atoms with Gasteiger partial charge in [0.15, 0.2) is 11.5 Å². The summed E-state index contributed by atoms with van der Waals surface area (Å²) < 4.78 is 10.6. The van der Waals surface area contributed by atoms with Crippen molar-refractivity contribution in [3.8, 4) is 11.5 Å². The van der Waals surface area contributed by atoms with Gasteiger partial charge in [0.25, 0.3) is 5.69 Å². The van der Waals surface area contributed by atoms with Crippen molar-refractivity contribution >= 4 is 21.6 Å². The molecule has 0 aromatic heterocycles. The second-order valence-electron chi connectivity index (χ2n) is 3.37. The molecule has 0 saturated carbocycles. The average molecular weight is 304 g/mol. The Morgan fingerprint density at radius 2 is 2.12 bits per heavy atom. The van der Waals surface area contributed by atoms with Crippen molar-refractivity contribution in [3.63, 3.8) is 0 Å². The van der Waals surface area contributed by atoms with Crippen molar-refractivity contribution in [3.05, 3.63) is 27.8 Å². The first-order valence-corrected chi connectivity index (χ1v) is 6.30. The van der Waals surface area contributed by atoms with E-state index in [9.17, 15) is 10.1 Å². The minimum atomic E-state index is -0.422. The molecule has 6 heteroatoms. The largest absolute Gasteiger partial charge is 0.493 e. The Kier molecular flexibility index (Phi) is 5.21. The molecule has 0 unspecified atom stereocenters. The number of nitrogens with zero attached hydrogens (tertiary/aromatic N) is 1. The molecule has 0 aliphatic carbocycles. The van der Waals surface area contributed by atoms with E-state index in [-0.39, 0.29) is 5.69 Å². The molecule has 0 aliphatic rings. The molecular weight excluding hydrogens is 290 g/mol. The van der Waals surface area contributed by atoms with E-state index in [1.54, 1.807) is 6.07 Å². The van der Waals surface area contributed by atoms with Gasteiger partial charge >= 0.3 is 0 Å². The fourth-order valence-electron chi connectivity index (χ4n) is 1.35. The van der Waals surface area contributed by atoms with Crippen molar-refractivity contribution in [1.82, 2.24) is 0 Å². The maximum Gasteiger partial charge on any atom is 0.277 e. The lowest BCUT2D eigenvalue weighted by atomic mass is 10.2. The molecule has 94 valence electrons. The molecule has 0 N–H and O–H groups in total. The summed E-state index contributed by atoms with van der Waals surface area (Å²) in [5.74, 6) is 0.921. The zero-order valence-corrected chi connectivity index (χ0v) is 11.3. The molecular formula is C11H14BrNO4. The van der Waals surface area contributed by atoms with Gasteiger partial charge in [0.05, 0.1) is 24.7 Å². The summed E-state index contributed by atoms with van der Waals surface area (Å²) in [5.41, 5.74) is 0.601. The summed E-state index contributed by atoms with van der Waals surface area (Å²) in [6, 6.07) is 3.03. The first-order valence-electron chi connectivity index (χ1n) is 5.18. The number of hydrogen-bond donors (Lipinski definition) is 0. The fourth-order valence-corrected chi connectivity index (χ4v) is 1.80. The lowest BCUT2D eigenvalue weighted by Crippen LogP contribution is -2.01. The smallest absolute Gasteiger partial charge is 0.277 e. The molecule has 0 amide bonds. The lowest BCUT2D eigenvalue weighted by Gasteiger charge is -2.11. The van der Waals surface area contributed by atoms with Gasteiger partial charge in [-0.15, -0.1) is 0 Å². The molecule has 1 aromatic carbocycles. The molecule has 0 spiro atoms. The van der Waals surface area contributed by atoms with E-state index in [0.717, 1.165) is 6.42 Å². The predicted molar refractivity (Wildman–Crippen MR) is 68.1 cm³/mol. The van der Waals surface area contributed by atoms with Crippen molar-refractivity contribution < 1.29 is 14.4 Å². The highest BCUT2D eigenvalue weighted by atomic mass is 79.9. The number of halogens is 1. The van der Waals surface area contributed by atoms with Gasteiger partial charge in [-0.1, -0.05) is 22.9 Å². The van der Waals surface area contributed by atoms with Crippen LogP contribution in [0.3, 0.4) is 0 Å². The third kappa shape index (κ3) is 3.33. The van der Waals surface area contributed by atoms with Gasteiger partial charge in [-0.2, -0.15) is 0 Å². The fraction of sp³-hybridized carbons (Fsp3) is 0.455. The van der Waals surface area contributed by atoms with Gasteiger partial charge in [0.2, 0.25) is 0 Å². The van der Waals surface area contributed by atoms with Crippen LogP contribution >= 0.6 is 15.9 Å². The highest BCUT2D eigenvalue weighted by Gasteiger charge is 2.18. The van der Waals surface area contributed by atoms with E-state index in [2.05, 4.69) is 15.9 Å². The monoisotopic (exact) mass is 303 g/mol. The third-order valence-electron chi connectivity index (χ3n) is 2.17. The molecule has 0 fully saturated rings. The lowest BCUT2D eigenvalue weighted by molar-refractivity contribution is -0.385. The van der Waals surface area contributed by atoms with Crippen LogP contribution in [-0.4, -0.2) is 18.6 Å². The van der Waals surface area contributed by atoms with Crippen LogP contribution in [0.1, 0.15) is 18.9 Å². The Morgan fingerprint density at radius 3 is 2.59 bits per heavy atom. The van der Waals surface area contributed by atoms with Gasteiger partial charge in [-0.05, 0) is 12.5 Å². The summed E-state index contributed by atoms with van der Waals surface area (Å²) >= 11 is 3.22. The molecule has 1 aromatic rings. The van der Waals surface area contributed by atoms with E-state index in [1.165, 1.54) is 13.2 Å². The Bertz CT molecular complexity index is 409. The number of hydrogen-bond acceptors (Lipinski definition) is 4. The van der Waals surface area contributed by atoms with Crippen LogP contribution < -0.4 is 9.47 Å². The van der Waals surface area contributed by atoms with Crippen molar-refractivity contribution in [1.29, 1.82) is 0 Å². The molecule has 0 atom stereocenters. The van der Waals surface area contributed by atoms with Gasteiger partial charge in [0, 0.05) is 10.9 Å². The molecule has 0 radical (unpaired) electrons. The summed E-state index contributed by atoms with van der Waals surface area (Å²) in [6.45, 7) is 2.47. The van der Waals surface area contributed by atoms with Crippen molar-refractivity contribution in [2.24, 2.45) is 0 Å². The van der Waals surface area contributed by atoms with E-state index in [0.29, 0.717) is 29.0 Å². The number of methoxy groups -OCH3 is 1. The van der Waals surface area contributed by atoms with Crippen LogP contribution in [-0.2, 0) is 5.33 Å². The SMILES string of the molecule is CCCOc1cc([N+](=O)[O-])c(CBr)cc1OC. The first-order chi connectivity index (χ1) is 8.13. The molecule has 0 bridgehead atoms. The van der Waals surface area contributed by atoms with E-state index in [1.807, 2.05) is 6.92 Å². The van der Waals surface area contributed by atoms with Crippen LogP contribution in [0.2, 0.25) is 0 Å². The standard InChI is InChI=1S/C11H14BrNO4/c1-3-4-17-11-6-9(13(14)15)8(7-12)5-10(11)16-2/h5-6H,3-4,7H2,1-2H3. The molecule has 0 saturated heterocycles. The average Bonchev–Trinajstić information content (AvgIpc) is 2.34. The minimum Gasteiger partial charge on any atom is -0.493 e. The van der Waals surface area contributed by atoms with Crippen molar-refractivity contribution in [2.45, 2.75) is 18.7 Å². The summed E-state index contributed by atoms with van der Waals surface area (Å²) in [7, 11) is 1.51. The van der Waals surface area contributed by atoms with E-state index < -0.39 is 4.92 Å². The Hall–Kier alpha value is -1.30. The van der Waals surface area contributed by atoms with Crippen LogP contribution in [0, 0.1) is 10.1 Å². The maximum atomic E-state index is 10.9. The maximum absolute atomic E-state index is 10.9.